The molecule has 0 radical (unpaired) electrons. The molecule has 1 aliphatic carbocycles. The molecule has 0 spiro atoms. The van der Waals surface area contributed by atoms with Gasteiger partial charge in [-0.15, -0.1) is 0 Å². The molecule has 1 nitrogen and oxygen atoms in total. The highest BCUT2D eigenvalue weighted by atomic mass is 15.1. The lowest BCUT2D eigenvalue weighted by molar-refractivity contribution is 1.28. The van der Waals surface area contributed by atoms with Crippen LogP contribution in [0.25, 0.3) is 34.1 Å². The van der Waals surface area contributed by atoms with E-state index in [-0.39, 0.29) is 0 Å². The van der Waals surface area contributed by atoms with E-state index in [0.717, 1.165) is 17.1 Å². The minimum absolute atomic E-state index is 1.15. The maximum absolute atomic E-state index is 2.29. The zero-order chi connectivity index (χ0) is 20.6. The van der Waals surface area contributed by atoms with Gasteiger partial charge in [-0.25, -0.2) is 0 Å². The third-order valence-corrected chi connectivity index (χ3v) is 6.01. The molecule has 5 aromatic carbocycles. The van der Waals surface area contributed by atoms with E-state index >= 15 is 0 Å². The second-order valence-corrected chi connectivity index (χ2v) is 7.86. The number of hydrogen-bond acceptors (Lipinski definition) is 1. The Bertz CT molecular complexity index is 1360. The van der Waals surface area contributed by atoms with Crippen molar-refractivity contribution in [2.45, 2.75) is 0 Å². The molecule has 0 fully saturated rings. The largest absolute Gasteiger partial charge is 0.311 e. The Labute approximate surface area is 182 Å². The van der Waals surface area contributed by atoms with E-state index in [9.17, 15) is 0 Å². The van der Waals surface area contributed by atoms with Crippen LogP contribution in [0.5, 0.6) is 0 Å². The summed E-state index contributed by atoms with van der Waals surface area (Å²) in [6.45, 7) is 0. The second-order valence-electron chi connectivity index (χ2n) is 7.86. The van der Waals surface area contributed by atoms with Gasteiger partial charge >= 0.3 is 0 Å². The fourth-order valence-corrected chi connectivity index (χ4v) is 4.56. The summed E-state index contributed by atoms with van der Waals surface area (Å²) < 4.78 is 0. The zero-order valence-corrected chi connectivity index (χ0v) is 17.1. The summed E-state index contributed by atoms with van der Waals surface area (Å²) in [7, 11) is 0. The van der Waals surface area contributed by atoms with Gasteiger partial charge in [0.2, 0.25) is 0 Å². The third kappa shape index (κ3) is 3.03. The molecule has 6 rings (SSSR count). The maximum atomic E-state index is 2.29. The molecule has 5 aromatic rings. The average molecular weight is 396 g/mol. The van der Waals surface area contributed by atoms with Gasteiger partial charge in [-0.2, -0.15) is 0 Å². The Morgan fingerprint density at radius 2 is 1.10 bits per heavy atom. The van der Waals surface area contributed by atoms with Crippen LogP contribution < -0.4 is 4.90 Å². The highest BCUT2D eigenvalue weighted by Gasteiger charge is 2.15. The molecule has 0 saturated carbocycles. The molecule has 0 aromatic heterocycles. The van der Waals surface area contributed by atoms with Crippen molar-refractivity contribution < 1.29 is 0 Å². The van der Waals surface area contributed by atoms with Gasteiger partial charge in [0.05, 0.1) is 0 Å². The minimum Gasteiger partial charge on any atom is -0.311 e. The van der Waals surface area contributed by atoms with Crippen molar-refractivity contribution in [3.63, 3.8) is 0 Å². The van der Waals surface area contributed by atoms with Crippen molar-refractivity contribution in [2.24, 2.45) is 0 Å². The lowest BCUT2D eigenvalue weighted by Crippen LogP contribution is -2.09. The van der Waals surface area contributed by atoms with Crippen molar-refractivity contribution in [1.29, 1.82) is 0 Å². The standard InChI is InChI=1S/C30H21N/c1-3-10-25(11-4-1)31(26-12-5-2-6-13-26)27-18-14-22(15-19-27)28-20-16-23-8-7-9-24-17-21-29(28)30(23)24/h1-21H. The number of rotatable bonds is 4. The van der Waals surface area contributed by atoms with Gasteiger partial charge < -0.3 is 4.90 Å². The summed E-state index contributed by atoms with van der Waals surface area (Å²) in [5, 5.41) is 2.66. The Balaban J connectivity index is 1.44. The molecular formula is C30H21N. The molecule has 0 aliphatic heterocycles. The topological polar surface area (TPSA) is 3.24 Å². The van der Waals surface area contributed by atoms with Gasteiger partial charge in [0.15, 0.2) is 0 Å². The third-order valence-electron chi connectivity index (χ3n) is 6.01. The van der Waals surface area contributed by atoms with Crippen molar-refractivity contribution in [2.75, 3.05) is 4.90 Å². The van der Waals surface area contributed by atoms with Crippen LogP contribution in [0.4, 0.5) is 17.1 Å². The molecule has 0 amide bonds. The highest BCUT2D eigenvalue weighted by molar-refractivity contribution is 6.09. The van der Waals surface area contributed by atoms with E-state index in [1.54, 1.807) is 0 Å². The summed E-state index contributed by atoms with van der Waals surface area (Å²) in [5.41, 5.74) is 8.61. The van der Waals surface area contributed by atoms with E-state index in [1.807, 2.05) is 0 Å². The fraction of sp³-hybridized carbons (Fsp3) is 0. The van der Waals surface area contributed by atoms with Crippen LogP contribution in [-0.4, -0.2) is 0 Å². The van der Waals surface area contributed by atoms with Crippen LogP contribution in [0, 0.1) is 0 Å². The van der Waals surface area contributed by atoms with Crippen LogP contribution in [0.15, 0.2) is 115 Å². The van der Waals surface area contributed by atoms with Gasteiger partial charge in [0.1, 0.15) is 0 Å². The lowest BCUT2D eigenvalue weighted by Gasteiger charge is -2.25. The first-order valence-corrected chi connectivity index (χ1v) is 10.6. The SMILES string of the molecule is C1=Cc2c(-c3ccc(N(c4ccccc4)c4ccccc4)cc3)ccc3cccc1c23. The average Bonchev–Trinajstić information content (AvgIpc) is 3.27. The van der Waals surface area contributed by atoms with Crippen molar-refractivity contribution in [3.05, 3.63) is 126 Å². The van der Waals surface area contributed by atoms with Gasteiger partial charge in [0, 0.05) is 17.1 Å². The van der Waals surface area contributed by atoms with E-state index in [4.69, 9.17) is 0 Å². The quantitative estimate of drug-likeness (QED) is 0.289. The smallest absolute Gasteiger partial charge is 0.0462 e. The Kier molecular flexibility index (Phi) is 4.18. The van der Waals surface area contributed by atoms with Crippen molar-refractivity contribution in [1.82, 2.24) is 0 Å². The number of benzene rings is 5. The normalized spacial score (nSPS) is 11.7. The summed E-state index contributed by atoms with van der Waals surface area (Å²) in [4.78, 5) is 2.29. The number of hydrogen-bond donors (Lipinski definition) is 0. The molecule has 0 unspecified atom stereocenters. The van der Waals surface area contributed by atoms with Gasteiger partial charge in [0.25, 0.3) is 0 Å². The van der Waals surface area contributed by atoms with Crippen LogP contribution in [-0.2, 0) is 0 Å². The highest BCUT2D eigenvalue weighted by Crippen LogP contribution is 2.40. The van der Waals surface area contributed by atoms with Gasteiger partial charge in [-0.05, 0) is 69.4 Å². The fourth-order valence-electron chi connectivity index (χ4n) is 4.56. The van der Waals surface area contributed by atoms with Crippen LogP contribution >= 0.6 is 0 Å². The molecule has 1 heteroatoms. The minimum atomic E-state index is 1.15. The van der Waals surface area contributed by atoms with E-state index < -0.39 is 0 Å². The van der Waals surface area contributed by atoms with Crippen LogP contribution in [0.1, 0.15) is 11.1 Å². The molecule has 0 saturated heterocycles. The molecule has 146 valence electrons. The summed E-state index contributed by atoms with van der Waals surface area (Å²) in [5.74, 6) is 0. The Hall–Kier alpha value is -4.10. The van der Waals surface area contributed by atoms with Crippen molar-refractivity contribution >= 4 is 40.0 Å². The van der Waals surface area contributed by atoms with Crippen LogP contribution in [0.3, 0.4) is 0 Å². The molecule has 0 bridgehead atoms. The summed E-state index contributed by atoms with van der Waals surface area (Å²) in [6.07, 6.45) is 4.48. The molecule has 31 heavy (non-hydrogen) atoms. The monoisotopic (exact) mass is 395 g/mol. The van der Waals surface area contributed by atoms with E-state index in [2.05, 4.69) is 132 Å². The zero-order valence-electron chi connectivity index (χ0n) is 17.1. The predicted octanol–water partition coefficient (Wildman–Crippen LogP) is 8.46. The second kappa shape index (κ2) is 7.30. The predicted molar refractivity (Wildman–Crippen MR) is 133 cm³/mol. The summed E-state index contributed by atoms with van der Waals surface area (Å²) in [6, 6.07) is 41.0. The lowest BCUT2D eigenvalue weighted by atomic mass is 9.95. The molecule has 1 aliphatic rings. The molecule has 0 heterocycles. The Morgan fingerprint density at radius 1 is 0.452 bits per heavy atom. The molecule has 0 atom stereocenters. The van der Waals surface area contributed by atoms with Gasteiger partial charge in [-0.3, -0.25) is 0 Å². The maximum Gasteiger partial charge on any atom is 0.0462 e. The van der Waals surface area contributed by atoms with Crippen molar-refractivity contribution in [3.8, 4) is 11.1 Å². The molecule has 0 N–H and O–H groups in total. The van der Waals surface area contributed by atoms with E-state index in [0.29, 0.717) is 0 Å². The van der Waals surface area contributed by atoms with Crippen LogP contribution in [0.2, 0.25) is 0 Å². The first-order chi connectivity index (χ1) is 15.4. The number of nitrogens with zero attached hydrogens (tertiary/aromatic N) is 1. The summed E-state index contributed by atoms with van der Waals surface area (Å²) >= 11 is 0. The van der Waals surface area contributed by atoms with E-state index in [1.165, 1.54) is 33.0 Å². The first-order valence-electron chi connectivity index (χ1n) is 10.6. The first kappa shape index (κ1) is 17.7. The molecular weight excluding hydrogens is 374 g/mol. The number of para-hydroxylation sites is 2. The number of anilines is 3. The Morgan fingerprint density at radius 3 is 1.77 bits per heavy atom. The van der Waals surface area contributed by atoms with Gasteiger partial charge in [-0.1, -0.05) is 91.0 Å².